The summed E-state index contributed by atoms with van der Waals surface area (Å²) < 4.78 is 0. The Kier molecular flexibility index (Phi) is 4.77. The summed E-state index contributed by atoms with van der Waals surface area (Å²) in [7, 11) is 1.68. The average Bonchev–Trinajstić information content (AvgIpc) is 2.46. The molecule has 0 aliphatic carbocycles. The molecular formula is C15H14ClN3OS. The first-order chi connectivity index (χ1) is 9.97. The van der Waals surface area contributed by atoms with Crippen LogP contribution in [0, 0.1) is 0 Å². The predicted octanol–water partition coefficient (Wildman–Crippen LogP) is 3.64. The molecule has 6 heteroatoms. The van der Waals surface area contributed by atoms with Gasteiger partial charge in [0.25, 0.3) is 0 Å². The number of amides is 2. The van der Waals surface area contributed by atoms with Gasteiger partial charge >= 0.3 is 6.03 Å². The maximum absolute atomic E-state index is 12.2. The molecule has 2 aromatic rings. The molecular weight excluding hydrogens is 306 g/mol. The van der Waals surface area contributed by atoms with Crippen LogP contribution in [0.5, 0.6) is 0 Å². The van der Waals surface area contributed by atoms with Crippen LogP contribution in [0.2, 0.25) is 5.02 Å². The van der Waals surface area contributed by atoms with E-state index in [2.05, 4.69) is 5.32 Å². The van der Waals surface area contributed by atoms with Gasteiger partial charge in [-0.2, -0.15) is 0 Å². The second-order valence-electron chi connectivity index (χ2n) is 4.41. The Labute approximate surface area is 133 Å². The van der Waals surface area contributed by atoms with E-state index >= 15 is 0 Å². The quantitative estimate of drug-likeness (QED) is 0.849. The van der Waals surface area contributed by atoms with Gasteiger partial charge in [-0.05, 0) is 42.5 Å². The van der Waals surface area contributed by atoms with Gasteiger partial charge in [0.1, 0.15) is 4.99 Å². The number of anilines is 2. The molecule has 2 aromatic carbocycles. The van der Waals surface area contributed by atoms with Gasteiger partial charge in [0, 0.05) is 29.0 Å². The SMILES string of the molecule is CN(C(=O)Nc1cccc(Cl)c1)c1ccc(C(N)=S)cc1. The van der Waals surface area contributed by atoms with Gasteiger partial charge < -0.3 is 11.1 Å². The Morgan fingerprint density at radius 3 is 2.48 bits per heavy atom. The van der Waals surface area contributed by atoms with Crippen LogP contribution in [0.15, 0.2) is 48.5 Å². The van der Waals surface area contributed by atoms with E-state index in [1.165, 1.54) is 4.90 Å². The molecule has 0 aromatic heterocycles. The number of benzene rings is 2. The Morgan fingerprint density at radius 1 is 1.24 bits per heavy atom. The lowest BCUT2D eigenvalue weighted by molar-refractivity contribution is 0.258. The molecule has 0 unspecified atom stereocenters. The molecule has 108 valence electrons. The number of nitrogens with zero attached hydrogens (tertiary/aromatic N) is 1. The number of urea groups is 1. The van der Waals surface area contributed by atoms with Crippen molar-refractivity contribution in [3.63, 3.8) is 0 Å². The molecule has 3 N–H and O–H groups in total. The van der Waals surface area contributed by atoms with Crippen molar-refractivity contribution in [3.05, 3.63) is 59.1 Å². The highest BCUT2D eigenvalue weighted by Gasteiger charge is 2.11. The van der Waals surface area contributed by atoms with Crippen molar-refractivity contribution in [2.75, 3.05) is 17.3 Å². The lowest BCUT2D eigenvalue weighted by Crippen LogP contribution is -2.31. The smallest absolute Gasteiger partial charge is 0.326 e. The Morgan fingerprint density at radius 2 is 1.90 bits per heavy atom. The van der Waals surface area contributed by atoms with E-state index in [1.54, 1.807) is 55.6 Å². The maximum atomic E-state index is 12.2. The zero-order valence-electron chi connectivity index (χ0n) is 11.3. The lowest BCUT2D eigenvalue weighted by atomic mass is 10.2. The molecule has 21 heavy (non-hydrogen) atoms. The van der Waals surface area contributed by atoms with Crippen molar-refractivity contribution in [2.24, 2.45) is 5.73 Å². The first-order valence-corrected chi connectivity index (χ1v) is 6.96. The summed E-state index contributed by atoms with van der Waals surface area (Å²) >= 11 is 10.8. The van der Waals surface area contributed by atoms with Crippen molar-refractivity contribution in [1.29, 1.82) is 0 Å². The number of hydrogen-bond donors (Lipinski definition) is 2. The molecule has 0 atom stereocenters. The van der Waals surface area contributed by atoms with E-state index in [1.807, 2.05) is 0 Å². The molecule has 0 aliphatic heterocycles. The molecule has 0 heterocycles. The van der Waals surface area contributed by atoms with Gasteiger partial charge in [-0.15, -0.1) is 0 Å². The van der Waals surface area contributed by atoms with Gasteiger partial charge in [-0.25, -0.2) is 4.79 Å². The Balaban J connectivity index is 2.10. The van der Waals surface area contributed by atoms with Crippen molar-refractivity contribution in [3.8, 4) is 0 Å². The van der Waals surface area contributed by atoms with E-state index in [4.69, 9.17) is 29.6 Å². The molecule has 0 aliphatic rings. The van der Waals surface area contributed by atoms with Gasteiger partial charge in [0.05, 0.1) is 0 Å². The van der Waals surface area contributed by atoms with Crippen molar-refractivity contribution in [1.82, 2.24) is 0 Å². The van der Waals surface area contributed by atoms with Gasteiger partial charge in [0.15, 0.2) is 0 Å². The minimum Gasteiger partial charge on any atom is -0.389 e. The van der Waals surface area contributed by atoms with Crippen LogP contribution in [0.1, 0.15) is 5.56 Å². The van der Waals surface area contributed by atoms with E-state index in [9.17, 15) is 4.79 Å². The van der Waals surface area contributed by atoms with Crippen molar-refractivity contribution in [2.45, 2.75) is 0 Å². The van der Waals surface area contributed by atoms with Crippen molar-refractivity contribution < 1.29 is 4.79 Å². The van der Waals surface area contributed by atoms with E-state index in [-0.39, 0.29) is 6.03 Å². The summed E-state index contributed by atoms with van der Waals surface area (Å²) in [6, 6.07) is 13.8. The number of nitrogens with two attached hydrogens (primary N) is 1. The molecule has 2 amide bonds. The molecule has 0 bridgehead atoms. The second kappa shape index (κ2) is 6.56. The number of hydrogen-bond acceptors (Lipinski definition) is 2. The number of nitrogens with one attached hydrogen (secondary N) is 1. The van der Waals surface area contributed by atoms with Gasteiger partial charge in [-0.3, -0.25) is 4.90 Å². The molecule has 0 saturated carbocycles. The van der Waals surface area contributed by atoms with E-state index in [0.29, 0.717) is 15.7 Å². The molecule has 2 rings (SSSR count). The highest BCUT2D eigenvalue weighted by molar-refractivity contribution is 7.80. The number of carbonyl (C=O) groups excluding carboxylic acids is 1. The predicted molar refractivity (Wildman–Crippen MR) is 91.2 cm³/mol. The largest absolute Gasteiger partial charge is 0.389 e. The third-order valence-corrected chi connectivity index (χ3v) is 3.39. The van der Waals surface area contributed by atoms with Crippen LogP contribution in [0.25, 0.3) is 0 Å². The normalized spacial score (nSPS) is 10.0. The van der Waals surface area contributed by atoms with Crippen LogP contribution in [0.3, 0.4) is 0 Å². The van der Waals surface area contributed by atoms with Crippen LogP contribution >= 0.6 is 23.8 Å². The summed E-state index contributed by atoms with van der Waals surface area (Å²) in [5.74, 6) is 0. The van der Waals surface area contributed by atoms with E-state index in [0.717, 1.165) is 11.3 Å². The first-order valence-electron chi connectivity index (χ1n) is 6.17. The summed E-state index contributed by atoms with van der Waals surface area (Å²) in [4.78, 5) is 14.0. The third-order valence-electron chi connectivity index (χ3n) is 2.92. The van der Waals surface area contributed by atoms with Gasteiger partial charge in [-0.1, -0.05) is 29.9 Å². The zero-order chi connectivity index (χ0) is 15.4. The molecule has 0 spiro atoms. The highest BCUT2D eigenvalue weighted by atomic mass is 35.5. The molecule has 0 radical (unpaired) electrons. The maximum Gasteiger partial charge on any atom is 0.326 e. The summed E-state index contributed by atoms with van der Waals surface area (Å²) in [5.41, 5.74) is 7.67. The van der Waals surface area contributed by atoms with Crippen LogP contribution in [-0.2, 0) is 0 Å². The van der Waals surface area contributed by atoms with Crippen molar-refractivity contribution >= 4 is 46.2 Å². The highest BCUT2D eigenvalue weighted by Crippen LogP contribution is 2.18. The topological polar surface area (TPSA) is 58.4 Å². The monoisotopic (exact) mass is 319 g/mol. The fourth-order valence-corrected chi connectivity index (χ4v) is 2.07. The first kappa shape index (κ1) is 15.3. The standard InChI is InChI=1S/C15H14ClN3OS/c1-19(13-7-5-10(6-8-13)14(17)21)15(20)18-12-4-2-3-11(16)9-12/h2-9H,1H3,(H2,17,21)(H,18,20). The minimum absolute atomic E-state index is 0.264. The summed E-state index contributed by atoms with van der Waals surface area (Å²) in [5, 5.41) is 3.34. The zero-order valence-corrected chi connectivity index (χ0v) is 12.9. The van der Waals surface area contributed by atoms with Gasteiger partial charge in [0.2, 0.25) is 0 Å². The fourth-order valence-electron chi connectivity index (χ4n) is 1.74. The second-order valence-corrected chi connectivity index (χ2v) is 5.29. The minimum atomic E-state index is -0.264. The van der Waals surface area contributed by atoms with Crippen LogP contribution in [0.4, 0.5) is 16.2 Å². The Bertz CT molecular complexity index is 673. The molecule has 0 saturated heterocycles. The Hall–Kier alpha value is -2.11. The summed E-state index contributed by atoms with van der Waals surface area (Å²) in [6.07, 6.45) is 0. The number of thiocarbonyl (C=S) groups is 1. The fraction of sp³-hybridized carbons (Fsp3) is 0.0667. The third kappa shape index (κ3) is 3.93. The van der Waals surface area contributed by atoms with Crippen LogP contribution < -0.4 is 16.0 Å². The molecule has 0 fully saturated rings. The van der Waals surface area contributed by atoms with Crippen LogP contribution in [-0.4, -0.2) is 18.1 Å². The summed E-state index contributed by atoms with van der Waals surface area (Å²) in [6.45, 7) is 0. The number of halogens is 1. The number of carbonyl (C=O) groups is 1. The molecule has 4 nitrogen and oxygen atoms in total. The van der Waals surface area contributed by atoms with E-state index < -0.39 is 0 Å². The lowest BCUT2D eigenvalue weighted by Gasteiger charge is -2.18. The number of rotatable bonds is 3. The average molecular weight is 320 g/mol.